The molecule has 3 aromatic rings. The normalized spacial score (nSPS) is 14.7. The van der Waals surface area contributed by atoms with E-state index in [1.807, 2.05) is 85.0 Å². The predicted molar refractivity (Wildman–Crippen MR) is 157 cm³/mol. The van der Waals surface area contributed by atoms with E-state index in [4.69, 9.17) is 0 Å². The number of nitrogens with zero attached hydrogens (tertiary/aromatic N) is 2. The zero-order valence-electron chi connectivity index (χ0n) is 22.0. The summed E-state index contributed by atoms with van der Waals surface area (Å²) in [4.78, 5) is 15.4. The average molecular weight is 502 g/mol. The number of aliphatic hydroxyl groups is 1. The van der Waals surface area contributed by atoms with Gasteiger partial charge in [-0.05, 0) is 54.0 Å². The molecular weight excluding hydrogens is 468 g/mol. The molecule has 2 aliphatic carbocycles. The fraction of sp³-hybridized carbons (Fsp3) is 0.176. The van der Waals surface area contributed by atoms with Gasteiger partial charge in [0.2, 0.25) is 17.2 Å². The Labute approximate surface area is 224 Å². The molecule has 4 heteroatoms. The van der Waals surface area contributed by atoms with Gasteiger partial charge < -0.3 is 10.0 Å². The molecule has 0 unspecified atom stereocenters. The van der Waals surface area contributed by atoms with Crippen LogP contribution in [0.4, 0.5) is 17.1 Å². The van der Waals surface area contributed by atoms with Crippen molar-refractivity contribution in [2.75, 3.05) is 18.0 Å². The number of anilines is 2. The number of benzene rings is 3. The second-order valence-electron chi connectivity index (χ2n) is 9.50. The number of rotatable bonds is 8. The summed E-state index contributed by atoms with van der Waals surface area (Å²) in [6, 6.07) is 28.5. The van der Waals surface area contributed by atoms with E-state index in [-0.39, 0.29) is 11.5 Å². The molecule has 0 fully saturated rings. The summed E-state index contributed by atoms with van der Waals surface area (Å²) in [7, 11) is 0. The van der Waals surface area contributed by atoms with Gasteiger partial charge in [-0.15, -0.1) is 0 Å². The lowest BCUT2D eigenvalue weighted by atomic mass is 9.80. The zero-order valence-corrected chi connectivity index (χ0v) is 22.0. The molecule has 0 radical (unpaired) electrons. The van der Waals surface area contributed by atoms with Crippen LogP contribution in [0.15, 0.2) is 126 Å². The van der Waals surface area contributed by atoms with E-state index in [1.54, 1.807) is 0 Å². The summed E-state index contributed by atoms with van der Waals surface area (Å²) in [5.74, 6) is -0.0533. The third-order valence-electron chi connectivity index (χ3n) is 6.89. The number of allylic oxidation sites excluding steroid dienone is 7. The van der Waals surface area contributed by atoms with Gasteiger partial charge in [0.05, 0.1) is 11.1 Å². The van der Waals surface area contributed by atoms with E-state index in [2.05, 4.69) is 47.6 Å². The molecule has 0 bridgehead atoms. The number of para-hydroxylation sites is 2. The number of carbonyl (C=O) groups excluding carboxylic acids is 1. The maximum absolute atomic E-state index is 13.2. The van der Waals surface area contributed by atoms with Crippen molar-refractivity contribution in [3.05, 3.63) is 132 Å². The second kappa shape index (κ2) is 11.3. The number of Topliss-reactive ketones (excluding diaryl/α,β-unsaturated/α-hetero) is 1. The Morgan fingerprint density at radius 3 is 1.89 bits per heavy atom. The maximum Gasteiger partial charge on any atom is 0.205 e. The van der Waals surface area contributed by atoms with Gasteiger partial charge in [-0.25, -0.2) is 0 Å². The fourth-order valence-electron chi connectivity index (χ4n) is 5.03. The average Bonchev–Trinajstić information content (AvgIpc) is 2.97. The highest BCUT2D eigenvalue weighted by atomic mass is 16.3. The molecule has 0 aromatic heterocycles. The lowest BCUT2D eigenvalue weighted by Crippen LogP contribution is -2.23. The van der Waals surface area contributed by atoms with Gasteiger partial charge in [0.1, 0.15) is 12.3 Å². The quantitative estimate of drug-likeness (QED) is 0.254. The smallest absolute Gasteiger partial charge is 0.205 e. The topological polar surface area (TPSA) is 43.5 Å². The van der Waals surface area contributed by atoms with Crippen LogP contribution < -0.4 is 4.90 Å². The summed E-state index contributed by atoms with van der Waals surface area (Å²) < 4.78 is 2.26. The van der Waals surface area contributed by atoms with Crippen molar-refractivity contribution in [3.63, 3.8) is 0 Å². The van der Waals surface area contributed by atoms with Crippen molar-refractivity contribution in [2.45, 2.75) is 26.7 Å². The van der Waals surface area contributed by atoms with Crippen LogP contribution in [-0.2, 0) is 4.79 Å². The summed E-state index contributed by atoms with van der Waals surface area (Å²) in [6.45, 7) is 6.11. The van der Waals surface area contributed by atoms with Gasteiger partial charge in [0.25, 0.3) is 0 Å². The lowest BCUT2D eigenvalue weighted by Gasteiger charge is -2.26. The largest absolute Gasteiger partial charge is 0.506 e. The van der Waals surface area contributed by atoms with E-state index in [9.17, 15) is 9.90 Å². The van der Waals surface area contributed by atoms with E-state index >= 15 is 0 Å². The zero-order chi connectivity index (χ0) is 26.5. The minimum absolute atomic E-state index is 0.0671. The number of hydrogen-bond acceptors (Lipinski definition) is 3. The van der Waals surface area contributed by atoms with Gasteiger partial charge in [0.15, 0.2) is 0 Å². The molecule has 0 aliphatic heterocycles. The molecule has 0 saturated heterocycles. The second-order valence-corrected chi connectivity index (χ2v) is 9.50. The Kier molecular flexibility index (Phi) is 7.50. The summed E-state index contributed by atoms with van der Waals surface area (Å²) in [5.41, 5.74) is 6.62. The Morgan fingerprint density at radius 2 is 1.32 bits per heavy atom. The van der Waals surface area contributed by atoms with Crippen LogP contribution in [0.3, 0.4) is 0 Å². The van der Waals surface area contributed by atoms with Gasteiger partial charge in [-0.3, -0.25) is 4.79 Å². The summed E-state index contributed by atoms with van der Waals surface area (Å²) >= 11 is 0. The van der Waals surface area contributed by atoms with Crippen molar-refractivity contribution in [1.82, 2.24) is 0 Å². The van der Waals surface area contributed by atoms with Gasteiger partial charge in [0, 0.05) is 48.6 Å². The summed E-state index contributed by atoms with van der Waals surface area (Å²) in [6.07, 6.45) is 9.91. The third kappa shape index (κ3) is 4.90. The van der Waals surface area contributed by atoms with Crippen LogP contribution in [-0.4, -0.2) is 34.3 Å². The molecule has 0 heterocycles. The summed E-state index contributed by atoms with van der Waals surface area (Å²) in [5, 5.41) is 10.9. The molecule has 0 spiro atoms. The Hall–Kier alpha value is -4.44. The van der Waals surface area contributed by atoms with Crippen molar-refractivity contribution < 1.29 is 14.5 Å². The Morgan fingerprint density at radius 1 is 0.711 bits per heavy atom. The molecule has 0 amide bonds. The number of aliphatic hydroxyl groups excluding tert-OH is 1. The molecule has 2 aliphatic rings. The fourth-order valence-corrected chi connectivity index (χ4v) is 5.03. The molecule has 5 rings (SSSR count). The highest BCUT2D eigenvalue weighted by molar-refractivity contribution is 6.39. The SMILES string of the molecule is CCCN(c1ccccc1)c1ccc(C2=C(O)C(=C3C=CC(=[N+](CCC)c4ccccc4)C=C3)C2=O)cc1. The highest BCUT2D eigenvalue weighted by Gasteiger charge is 2.36. The van der Waals surface area contributed by atoms with E-state index in [0.29, 0.717) is 11.1 Å². The van der Waals surface area contributed by atoms with E-state index < -0.39 is 0 Å². The molecule has 1 N–H and O–H groups in total. The number of ketones is 1. The van der Waals surface area contributed by atoms with Crippen molar-refractivity contribution >= 4 is 34.1 Å². The Bertz CT molecular complexity index is 1460. The highest BCUT2D eigenvalue weighted by Crippen LogP contribution is 2.39. The first-order valence-electron chi connectivity index (χ1n) is 13.3. The predicted octanol–water partition coefficient (Wildman–Crippen LogP) is 7.70. The number of carbonyl (C=O) groups is 1. The third-order valence-corrected chi connectivity index (χ3v) is 6.89. The molecule has 4 nitrogen and oxygen atoms in total. The van der Waals surface area contributed by atoms with Crippen LogP contribution in [0.2, 0.25) is 0 Å². The van der Waals surface area contributed by atoms with Crippen molar-refractivity contribution in [2.24, 2.45) is 0 Å². The maximum atomic E-state index is 13.2. The molecule has 0 saturated carbocycles. The van der Waals surface area contributed by atoms with Gasteiger partial charge in [-0.2, -0.15) is 4.58 Å². The molecule has 190 valence electrons. The van der Waals surface area contributed by atoms with E-state index in [0.717, 1.165) is 59.8 Å². The van der Waals surface area contributed by atoms with Crippen molar-refractivity contribution in [1.29, 1.82) is 0 Å². The lowest BCUT2D eigenvalue weighted by molar-refractivity contribution is -0.439. The first-order chi connectivity index (χ1) is 18.6. The molecule has 0 atom stereocenters. The molecule has 3 aromatic carbocycles. The van der Waals surface area contributed by atoms with E-state index in [1.165, 1.54) is 0 Å². The Balaban J connectivity index is 1.41. The molecule has 38 heavy (non-hydrogen) atoms. The molecular formula is C34H33N2O2+. The van der Waals surface area contributed by atoms with Crippen molar-refractivity contribution in [3.8, 4) is 0 Å². The minimum atomic E-state index is -0.120. The minimum Gasteiger partial charge on any atom is -0.506 e. The first kappa shape index (κ1) is 25.2. The first-order valence-corrected chi connectivity index (χ1v) is 13.3. The van der Waals surface area contributed by atoms with Crippen LogP contribution in [0.25, 0.3) is 5.57 Å². The standard InChI is InChI=1S/C34H32N2O2/c1-3-23-35(27-11-7-5-8-12-27)29-19-15-25(16-20-29)31-33(37)32(34(31)38)26-17-21-30(22-18-26)36(24-4-2)28-13-9-6-10-14-28/h5-22H,3-4,23-24H2,1-2H3/p+1. The van der Waals surface area contributed by atoms with Crippen LogP contribution in [0.5, 0.6) is 0 Å². The monoisotopic (exact) mass is 501 g/mol. The van der Waals surface area contributed by atoms with Gasteiger partial charge in [-0.1, -0.05) is 62.4 Å². The number of hydrogen-bond donors (Lipinski definition) is 1. The van der Waals surface area contributed by atoms with Crippen LogP contribution in [0, 0.1) is 0 Å². The van der Waals surface area contributed by atoms with Crippen LogP contribution in [0.1, 0.15) is 32.3 Å². The van der Waals surface area contributed by atoms with Gasteiger partial charge >= 0.3 is 0 Å². The van der Waals surface area contributed by atoms with Crippen LogP contribution >= 0.6 is 0 Å².